The van der Waals surface area contributed by atoms with E-state index in [0.717, 1.165) is 24.2 Å². The predicted octanol–water partition coefficient (Wildman–Crippen LogP) is 2.13. The Balaban J connectivity index is 1.54. The standard InChI is InChI=1S/C23H45N3O7S/c1-2-3-4-5-6-7-8-9-10-11-12-13-14-15-16-24-34(31,32)25-22-21(29)20(28)19(27)18-17-33-23(30)26(18)22/h18-22,24-25,27-29H,2-17H2,1H3/t18?,19-,20?,21?,22+/m1/s1. The number of cyclic esters (lactones) is 1. The number of rotatable bonds is 18. The number of fused-ring (bicyclic) bond motifs is 1. The summed E-state index contributed by atoms with van der Waals surface area (Å²) >= 11 is 0. The lowest BCUT2D eigenvalue weighted by Crippen LogP contribution is -2.70. The maximum absolute atomic E-state index is 12.4. The number of ether oxygens (including phenoxy) is 1. The first-order valence-electron chi connectivity index (χ1n) is 13.0. The highest BCUT2D eigenvalue weighted by atomic mass is 32.2. The molecule has 2 rings (SSSR count). The Labute approximate surface area is 204 Å². The molecule has 0 bridgehead atoms. The van der Waals surface area contributed by atoms with Crippen LogP contribution in [0, 0.1) is 0 Å². The van der Waals surface area contributed by atoms with E-state index < -0.39 is 46.8 Å². The molecule has 5 N–H and O–H groups in total. The highest BCUT2D eigenvalue weighted by molar-refractivity contribution is 7.87. The van der Waals surface area contributed by atoms with Gasteiger partial charge in [-0.15, -0.1) is 0 Å². The third-order valence-electron chi connectivity index (χ3n) is 6.76. The fourth-order valence-corrected chi connectivity index (χ4v) is 5.73. The summed E-state index contributed by atoms with van der Waals surface area (Å²) in [5.74, 6) is 0. The summed E-state index contributed by atoms with van der Waals surface area (Å²) in [6.45, 7) is 2.28. The molecule has 2 saturated heterocycles. The van der Waals surface area contributed by atoms with Gasteiger partial charge in [0.25, 0.3) is 10.2 Å². The molecule has 2 aliphatic rings. The minimum Gasteiger partial charge on any atom is -0.447 e. The van der Waals surface area contributed by atoms with Crippen LogP contribution in [0.4, 0.5) is 4.79 Å². The monoisotopic (exact) mass is 507 g/mol. The van der Waals surface area contributed by atoms with Crippen molar-refractivity contribution < 1.29 is 33.3 Å². The van der Waals surface area contributed by atoms with Gasteiger partial charge in [0, 0.05) is 6.54 Å². The molecule has 3 unspecified atom stereocenters. The molecule has 2 fully saturated rings. The van der Waals surface area contributed by atoms with Crippen molar-refractivity contribution in [3.8, 4) is 0 Å². The number of hydrogen-bond donors (Lipinski definition) is 5. The molecule has 0 aromatic carbocycles. The Morgan fingerprint density at radius 1 is 0.824 bits per heavy atom. The normalized spacial score (nSPS) is 27.1. The predicted molar refractivity (Wildman–Crippen MR) is 129 cm³/mol. The largest absolute Gasteiger partial charge is 0.447 e. The molecule has 0 aromatic rings. The van der Waals surface area contributed by atoms with Crippen molar-refractivity contribution in [1.82, 2.24) is 14.3 Å². The van der Waals surface area contributed by atoms with Crippen LogP contribution in [0.5, 0.6) is 0 Å². The molecule has 5 atom stereocenters. The second-order valence-corrected chi connectivity index (χ2v) is 11.1. The van der Waals surface area contributed by atoms with E-state index in [1.807, 2.05) is 0 Å². The number of aliphatic hydroxyl groups is 3. The zero-order chi connectivity index (χ0) is 25.0. The van der Waals surface area contributed by atoms with Crippen molar-refractivity contribution in [2.24, 2.45) is 0 Å². The Hall–Kier alpha value is -0.980. The van der Waals surface area contributed by atoms with Crippen LogP contribution in [0.2, 0.25) is 0 Å². The van der Waals surface area contributed by atoms with Crippen LogP contribution >= 0.6 is 0 Å². The number of aliphatic hydroxyl groups excluding tert-OH is 3. The summed E-state index contributed by atoms with van der Waals surface area (Å²) < 4.78 is 34.3. The maximum Gasteiger partial charge on any atom is 0.411 e. The molecule has 11 heteroatoms. The number of nitrogens with one attached hydrogen (secondary N) is 2. The van der Waals surface area contributed by atoms with Gasteiger partial charge < -0.3 is 20.1 Å². The number of hydrogen-bond acceptors (Lipinski definition) is 7. The van der Waals surface area contributed by atoms with Gasteiger partial charge in [0.1, 0.15) is 31.1 Å². The molecular formula is C23H45N3O7S. The van der Waals surface area contributed by atoms with Crippen LogP contribution in [-0.4, -0.2) is 78.4 Å². The van der Waals surface area contributed by atoms with E-state index in [1.54, 1.807) is 0 Å². The van der Waals surface area contributed by atoms with E-state index in [4.69, 9.17) is 4.74 Å². The molecule has 0 radical (unpaired) electrons. The molecular weight excluding hydrogens is 462 g/mol. The minimum absolute atomic E-state index is 0.186. The van der Waals surface area contributed by atoms with Crippen LogP contribution < -0.4 is 9.44 Å². The summed E-state index contributed by atoms with van der Waals surface area (Å²) in [6, 6.07) is -0.926. The molecule has 200 valence electrons. The van der Waals surface area contributed by atoms with Gasteiger partial charge >= 0.3 is 6.09 Å². The number of nitrogens with zero attached hydrogens (tertiary/aromatic N) is 1. The van der Waals surface area contributed by atoms with Gasteiger partial charge in [-0.05, 0) is 6.42 Å². The number of carbonyl (C=O) groups excluding carboxylic acids is 1. The zero-order valence-corrected chi connectivity index (χ0v) is 21.3. The van der Waals surface area contributed by atoms with Gasteiger partial charge in [0.05, 0.1) is 6.04 Å². The average molecular weight is 508 g/mol. The summed E-state index contributed by atoms with van der Waals surface area (Å²) in [6.07, 6.45) is 9.98. The van der Waals surface area contributed by atoms with Gasteiger partial charge in [-0.3, -0.25) is 4.90 Å². The lowest BCUT2D eigenvalue weighted by molar-refractivity contribution is -0.144. The van der Waals surface area contributed by atoms with Crippen LogP contribution in [0.1, 0.15) is 96.8 Å². The van der Waals surface area contributed by atoms with Gasteiger partial charge in [-0.1, -0.05) is 90.4 Å². The Bertz CT molecular complexity index is 694. The van der Waals surface area contributed by atoms with Crippen LogP contribution in [0.15, 0.2) is 0 Å². The molecule has 2 heterocycles. The fraction of sp³-hybridized carbons (Fsp3) is 0.957. The summed E-state index contributed by atoms with van der Waals surface area (Å²) in [5.41, 5.74) is 0. The van der Waals surface area contributed by atoms with Crippen molar-refractivity contribution in [2.75, 3.05) is 13.2 Å². The van der Waals surface area contributed by atoms with Crippen molar-refractivity contribution in [3.63, 3.8) is 0 Å². The topological polar surface area (TPSA) is 148 Å². The Morgan fingerprint density at radius 3 is 1.85 bits per heavy atom. The van der Waals surface area contributed by atoms with Crippen molar-refractivity contribution in [3.05, 3.63) is 0 Å². The van der Waals surface area contributed by atoms with Gasteiger partial charge in [0.2, 0.25) is 0 Å². The smallest absolute Gasteiger partial charge is 0.411 e. The second kappa shape index (κ2) is 15.2. The van der Waals surface area contributed by atoms with Crippen molar-refractivity contribution in [2.45, 2.75) is 127 Å². The van der Waals surface area contributed by atoms with Crippen LogP contribution in [-0.2, 0) is 14.9 Å². The van der Waals surface area contributed by atoms with Gasteiger partial charge in [-0.2, -0.15) is 13.1 Å². The molecule has 10 nitrogen and oxygen atoms in total. The van der Waals surface area contributed by atoms with Crippen LogP contribution in [0.25, 0.3) is 0 Å². The third-order valence-corrected chi connectivity index (χ3v) is 7.90. The van der Waals surface area contributed by atoms with E-state index in [1.165, 1.54) is 64.2 Å². The van der Waals surface area contributed by atoms with Gasteiger partial charge in [0.15, 0.2) is 0 Å². The van der Waals surface area contributed by atoms with Gasteiger partial charge in [-0.25, -0.2) is 9.52 Å². The zero-order valence-electron chi connectivity index (χ0n) is 20.5. The first-order chi connectivity index (χ1) is 16.3. The second-order valence-electron chi connectivity index (χ2n) is 9.58. The molecule has 0 aromatic heterocycles. The number of carbonyl (C=O) groups is 1. The van der Waals surface area contributed by atoms with E-state index >= 15 is 0 Å². The summed E-state index contributed by atoms with van der Waals surface area (Å²) in [5, 5.41) is 30.3. The minimum atomic E-state index is -4.04. The molecule has 2 aliphatic heterocycles. The number of amides is 1. The molecule has 0 aliphatic carbocycles. The summed E-state index contributed by atoms with van der Waals surface area (Å²) in [7, 11) is -4.04. The van der Waals surface area contributed by atoms with Crippen molar-refractivity contribution in [1.29, 1.82) is 0 Å². The number of unbranched alkanes of at least 4 members (excludes halogenated alkanes) is 13. The Kier molecular flexibility index (Phi) is 13.1. The molecule has 1 amide bonds. The third kappa shape index (κ3) is 9.23. The van der Waals surface area contributed by atoms with E-state index in [9.17, 15) is 28.5 Å². The quantitative estimate of drug-likeness (QED) is 0.178. The van der Waals surface area contributed by atoms with Crippen molar-refractivity contribution >= 4 is 16.3 Å². The first-order valence-corrected chi connectivity index (χ1v) is 14.5. The van der Waals surface area contributed by atoms with Crippen LogP contribution in [0.3, 0.4) is 0 Å². The summed E-state index contributed by atoms with van der Waals surface area (Å²) in [4.78, 5) is 12.9. The van der Waals surface area contributed by atoms with E-state index in [0.29, 0.717) is 6.42 Å². The highest BCUT2D eigenvalue weighted by Crippen LogP contribution is 2.28. The molecule has 34 heavy (non-hydrogen) atoms. The Morgan fingerprint density at radius 2 is 1.32 bits per heavy atom. The molecule has 0 saturated carbocycles. The maximum atomic E-state index is 12.4. The average Bonchev–Trinajstić information content (AvgIpc) is 3.19. The lowest BCUT2D eigenvalue weighted by Gasteiger charge is -2.43. The first kappa shape index (κ1) is 29.3. The van der Waals surface area contributed by atoms with E-state index in [-0.39, 0.29) is 13.2 Å². The SMILES string of the molecule is CCCCCCCCCCCCCCCCNS(=O)(=O)N[C@@H]1C(O)C(O)[C@H](O)C2COC(=O)N21. The number of piperidine rings is 1. The molecule has 0 spiro atoms. The highest BCUT2D eigenvalue weighted by Gasteiger charge is 2.54. The lowest BCUT2D eigenvalue weighted by atomic mass is 9.93. The van der Waals surface area contributed by atoms with E-state index in [2.05, 4.69) is 16.4 Å². The fourth-order valence-electron chi connectivity index (χ4n) is 4.66.